The highest BCUT2D eigenvalue weighted by Gasteiger charge is 2.07. The van der Waals surface area contributed by atoms with Gasteiger partial charge in [-0.3, -0.25) is 14.5 Å². The molecule has 2 heterocycles. The van der Waals surface area contributed by atoms with E-state index < -0.39 is 0 Å². The van der Waals surface area contributed by atoms with Crippen molar-refractivity contribution in [2.45, 2.75) is 6.54 Å². The number of hydrogen-bond acceptors (Lipinski definition) is 3. The van der Waals surface area contributed by atoms with Crippen molar-refractivity contribution in [3.8, 4) is 11.3 Å². The fraction of sp³-hybridized carbons (Fsp3) is 0.0833. The Morgan fingerprint density at radius 2 is 2.38 bits per heavy atom. The number of aldehydes is 1. The van der Waals surface area contributed by atoms with Crippen molar-refractivity contribution in [2.75, 3.05) is 0 Å². The van der Waals surface area contributed by atoms with Gasteiger partial charge in [-0.2, -0.15) is 5.10 Å². The number of rotatable bonds is 4. The Morgan fingerprint density at radius 3 is 3.00 bits per heavy atom. The van der Waals surface area contributed by atoms with Crippen LogP contribution in [0.1, 0.15) is 10.5 Å². The van der Waals surface area contributed by atoms with Crippen molar-refractivity contribution in [1.82, 2.24) is 14.8 Å². The van der Waals surface area contributed by atoms with Gasteiger partial charge in [0.25, 0.3) is 0 Å². The summed E-state index contributed by atoms with van der Waals surface area (Å²) in [6, 6.07) is 5.48. The summed E-state index contributed by atoms with van der Waals surface area (Å²) in [6.07, 6.45) is 5.91. The second-order valence-corrected chi connectivity index (χ2v) is 3.28. The first-order chi connectivity index (χ1) is 7.85. The fourth-order valence-corrected chi connectivity index (χ4v) is 1.45. The summed E-state index contributed by atoms with van der Waals surface area (Å²) in [5.41, 5.74) is 2.18. The highest BCUT2D eigenvalue weighted by Crippen LogP contribution is 2.17. The molecule has 0 amide bonds. The molecule has 80 valence electrons. The van der Waals surface area contributed by atoms with Gasteiger partial charge in [0.1, 0.15) is 5.69 Å². The first-order valence-corrected chi connectivity index (χ1v) is 4.89. The van der Waals surface area contributed by atoms with Gasteiger partial charge < -0.3 is 0 Å². The van der Waals surface area contributed by atoms with Crippen molar-refractivity contribution in [3.63, 3.8) is 0 Å². The quantitative estimate of drug-likeness (QED) is 0.576. The van der Waals surface area contributed by atoms with E-state index in [1.807, 2.05) is 12.1 Å². The summed E-state index contributed by atoms with van der Waals surface area (Å²) in [6.45, 7) is 4.15. The monoisotopic (exact) mass is 213 g/mol. The van der Waals surface area contributed by atoms with Crippen molar-refractivity contribution >= 4 is 6.29 Å². The average Bonchev–Trinajstić information content (AvgIpc) is 2.74. The van der Waals surface area contributed by atoms with Crippen LogP contribution in [-0.2, 0) is 6.54 Å². The molecule has 0 spiro atoms. The van der Waals surface area contributed by atoms with Gasteiger partial charge in [0, 0.05) is 18.0 Å². The van der Waals surface area contributed by atoms with Crippen LogP contribution in [0.5, 0.6) is 0 Å². The number of hydrogen-bond donors (Lipinski definition) is 0. The first kappa shape index (κ1) is 10.3. The molecular formula is C12H11N3O. The lowest BCUT2D eigenvalue weighted by Crippen LogP contribution is -2.01. The molecule has 4 heteroatoms. The zero-order chi connectivity index (χ0) is 11.4. The van der Waals surface area contributed by atoms with E-state index in [1.165, 1.54) is 0 Å². The topological polar surface area (TPSA) is 47.8 Å². The maximum atomic E-state index is 10.8. The van der Waals surface area contributed by atoms with Crippen LogP contribution in [-0.4, -0.2) is 21.1 Å². The van der Waals surface area contributed by atoms with Gasteiger partial charge in [0.2, 0.25) is 0 Å². The molecule has 0 bridgehead atoms. The number of carbonyl (C=O) groups excluding carboxylic acids is 1. The molecule has 2 rings (SSSR count). The molecule has 0 unspecified atom stereocenters. The molecular weight excluding hydrogens is 202 g/mol. The van der Waals surface area contributed by atoms with Gasteiger partial charge in [-0.25, -0.2) is 0 Å². The van der Waals surface area contributed by atoms with E-state index >= 15 is 0 Å². The summed E-state index contributed by atoms with van der Waals surface area (Å²) >= 11 is 0. The van der Waals surface area contributed by atoms with Crippen LogP contribution < -0.4 is 0 Å². The summed E-state index contributed by atoms with van der Waals surface area (Å²) in [5.74, 6) is 0. The molecule has 16 heavy (non-hydrogen) atoms. The fourth-order valence-electron chi connectivity index (χ4n) is 1.45. The second kappa shape index (κ2) is 4.53. The minimum atomic E-state index is 0.522. The van der Waals surface area contributed by atoms with E-state index in [0.29, 0.717) is 12.2 Å². The predicted molar refractivity (Wildman–Crippen MR) is 61.0 cm³/mol. The molecule has 0 aliphatic carbocycles. The number of aromatic nitrogens is 3. The maximum Gasteiger partial charge on any atom is 0.168 e. The van der Waals surface area contributed by atoms with E-state index in [9.17, 15) is 4.79 Å². The Morgan fingerprint density at radius 1 is 1.50 bits per heavy atom. The summed E-state index contributed by atoms with van der Waals surface area (Å²) < 4.78 is 1.61. The highest BCUT2D eigenvalue weighted by molar-refractivity contribution is 5.75. The van der Waals surface area contributed by atoms with Gasteiger partial charge in [0.05, 0.1) is 12.2 Å². The molecule has 0 radical (unpaired) electrons. The molecule has 0 saturated heterocycles. The first-order valence-electron chi connectivity index (χ1n) is 4.89. The Bertz CT molecular complexity index is 502. The Hall–Kier alpha value is -2.23. The standard InChI is InChI=1S/C12H11N3O/c1-2-6-15-11(9-16)7-12(14-15)10-4-3-5-13-8-10/h2-5,7-9H,1,6H2. The van der Waals surface area contributed by atoms with Crippen LogP contribution in [0.2, 0.25) is 0 Å². The molecule has 4 nitrogen and oxygen atoms in total. The molecule has 0 aliphatic rings. The minimum Gasteiger partial charge on any atom is -0.296 e. The van der Waals surface area contributed by atoms with E-state index in [0.717, 1.165) is 17.5 Å². The largest absolute Gasteiger partial charge is 0.296 e. The molecule has 0 N–H and O–H groups in total. The van der Waals surface area contributed by atoms with Crippen LogP contribution in [0, 0.1) is 0 Å². The van der Waals surface area contributed by atoms with Crippen LogP contribution in [0.4, 0.5) is 0 Å². The summed E-state index contributed by atoms with van der Waals surface area (Å²) in [5, 5.41) is 4.32. The number of pyridine rings is 1. The molecule has 2 aromatic rings. The van der Waals surface area contributed by atoms with Crippen molar-refractivity contribution in [1.29, 1.82) is 0 Å². The maximum absolute atomic E-state index is 10.8. The van der Waals surface area contributed by atoms with Crippen LogP contribution in [0.25, 0.3) is 11.3 Å². The Labute approximate surface area is 93.2 Å². The third-order valence-electron chi connectivity index (χ3n) is 2.19. The average molecular weight is 213 g/mol. The lowest BCUT2D eigenvalue weighted by atomic mass is 10.2. The summed E-state index contributed by atoms with van der Waals surface area (Å²) in [7, 11) is 0. The Balaban J connectivity index is 2.43. The van der Waals surface area contributed by atoms with E-state index in [2.05, 4.69) is 16.7 Å². The lowest BCUT2D eigenvalue weighted by Gasteiger charge is -1.97. The number of nitrogens with zero attached hydrogens (tertiary/aromatic N) is 3. The third-order valence-corrected chi connectivity index (χ3v) is 2.19. The predicted octanol–water partition coefficient (Wildman–Crippen LogP) is 1.94. The minimum absolute atomic E-state index is 0.522. The lowest BCUT2D eigenvalue weighted by molar-refractivity contribution is 0.111. The molecule has 0 aromatic carbocycles. The molecule has 0 atom stereocenters. The normalized spacial score (nSPS) is 10.0. The van der Waals surface area contributed by atoms with Crippen LogP contribution in [0.15, 0.2) is 43.2 Å². The zero-order valence-electron chi connectivity index (χ0n) is 8.71. The zero-order valence-corrected chi connectivity index (χ0v) is 8.71. The summed E-state index contributed by atoms with van der Waals surface area (Å²) in [4.78, 5) is 14.9. The molecule has 2 aromatic heterocycles. The van der Waals surface area contributed by atoms with Gasteiger partial charge in [-0.1, -0.05) is 6.08 Å². The van der Waals surface area contributed by atoms with Gasteiger partial charge in [-0.15, -0.1) is 6.58 Å². The van der Waals surface area contributed by atoms with Crippen molar-refractivity contribution in [2.24, 2.45) is 0 Å². The van der Waals surface area contributed by atoms with E-state index in [-0.39, 0.29) is 0 Å². The van der Waals surface area contributed by atoms with Crippen LogP contribution in [0.3, 0.4) is 0 Å². The van der Waals surface area contributed by atoms with E-state index in [4.69, 9.17) is 0 Å². The Kier molecular flexibility index (Phi) is 2.91. The van der Waals surface area contributed by atoms with Crippen LogP contribution >= 0.6 is 0 Å². The second-order valence-electron chi connectivity index (χ2n) is 3.28. The number of allylic oxidation sites excluding steroid dienone is 1. The van der Waals surface area contributed by atoms with Crippen molar-refractivity contribution in [3.05, 3.63) is 48.9 Å². The SMILES string of the molecule is C=CCn1nc(-c2cccnc2)cc1C=O. The smallest absolute Gasteiger partial charge is 0.168 e. The van der Waals surface area contributed by atoms with Crippen molar-refractivity contribution < 1.29 is 4.79 Å². The van der Waals surface area contributed by atoms with Gasteiger partial charge in [-0.05, 0) is 18.2 Å². The van der Waals surface area contributed by atoms with Gasteiger partial charge >= 0.3 is 0 Å². The van der Waals surface area contributed by atoms with E-state index in [1.54, 1.807) is 29.2 Å². The third kappa shape index (κ3) is 1.91. The number of carbonyl (C=O) groups is 1. The highest BCUT2D eigenvalue weighted by atomic mass is 16.1. The molecule has 0 aliphatic heterocycles. The molecule has 0 fully saturated rings. The van der Waals surface area contributed by atoms with Gasteiger partial charge in [0.15, 0.2) is 6.29 Å². The molecule has 0 saturated carbocycles.